The van der Waals surface area contributed by atoms with Crippen LogP contribution in [0.15, 0.2) is 49.1 Å². The molecule has 0 radical (unpaired) electrons. The highest BCUT2D eigenvalue weighted by atomic mass is 35.5. The Morgan fingerprint density at radius 1 is 0.885 bits per heavy atom. The van der Waals surface area contributed by atoms with Crippen LogP contribution in [-0.2, 0) is 28.5 Å². The van der Waals surface area contributed by atoms with Gasteiger partial charge in [-0.1, -0.05) is 30.4 Å². The molecule has 2 saturated heterocycles. The van der Waals surface area contributed by atoms with Crippen molar-refractivity contribution in [3.8, 4) is 23.0 Å². The molecule has 1 saturated carbocycles. The Balaban J connectivity index is 0.000000319. The molecule has 0 aromatic heterocycles. The van der Waals surface area contributed by atoms with Crippen molar-refractivity contribution >= 4 is 30.6 Å². The van der Waals surface area contributed by atoms with Crippen LogP contribution in [0.1, 0.15) is 47.9 Å². The van der Waals surface area contributed by atoms with E-state index >= 15 is 0 Å². The lowest BCUT2D eigenvalue weighted by molar-refractivity contribution is -0.187. The van der Waals surface area contributed by atoms with E-state index in [-0.39, 0.29) is 87.0 Å². The SMILES string of the molecule is C=CCN1CC[C@]23c4c5ccc(O)c4O[C@H]2C(=O)CC[C@@]3(O)[C@H]1C5.CN1CC[C@]23c4c5ccc(O)c4O[C@H]2[C@@H](O)C=C[C@H]3[C@H]1C5.Cl.Cl.O.O.O.O.O. The van der Waals surface area contributed by atoms with Gasteiger partial charge in [-0.3, -0.25) is 9.69 Å². The minimum atomic E-state index is -1.00. The molecule has 2 aromatic carbocycles. The highest BCUT2D eigenvalue weighted by Crippen LogP contribution is 2.65. The number of rotatable bonds is 2. The maximum atomic E-state index is 12.6. The highest BCUT2D eigenvalue weighted by Gasteiger charge is 2.73. The van der Waals surface area contributed by atoms with Crippen LogP contribution in [0.25, 0.3) is 0 Å². The average Bonchev–Trinajstić information content (AvgIpc) is 3.57. The van der Waals surface area contributed by atoms with Gasteiger partial charge in [0.15, 0.2) is 34.9 Å². The number of aliphatic hydroxyl groups excluding tert-OH is 1. The third kappa shape index (κ3) is 5.22. The van der Waals surface area contributed by atoms with E-state index in [0.29, 0.717) is 49.1 Å². The van der Waals surface area contributed by atoms with Crippen LogP contribution in [-0.4, -0.2) is 126 Å². The predicted octanol–water partition coefficient (Wildman–Crippen LogP) is -0.780. The van der Waals surface area contributed by atoms with Gasteiger partial charge in [-0.25, -0.2) is 0 Å². The molecule has 52 heavy (non-hydrogen) atoms. The van der Waals surface area contributed by atoms with Crippen molar-refractivity contribution in [2.24, 2.45) is 5.92 Å². The third-order valence-electron chi connectivity index (χ3n) is 12.9. The summed E-state index contributed by atoms with van der Waals surface area (Å²) in [7, 11) is 2.19. The number of likely N-dealkylation sites (tertiary alicyclic amines) is 2. The summed E-state index contributed by atoms with van der Waals surface area (Å²) in [5.41, 5.74) is 2.55. The summed E-state index contributed by atoms with van der Waals surface area (Å²) < 4.78 is 12.1. The van der Waals surface area contributed by atoms with Gasteiger partial charge in [0.05, 0.1) is 11.0 Å². The molecule has 14 N–H and O–H groups in total. The molecule has 4 aliphatic heterocycles. The van der Waals surface area contributed by atoms with Crippen LogP contribution in [0.5, 0.6) is 23.0 Å². The van der Waals surface area contributed by atoms with E-state index in [2.05, 4.69) is 29.5 Å². The maximum absolute atomic E-state index is 12.6. The number of likely N-dealkylation sites (N-methyl/N-ethyl adjacent to an activating group) is 1. The van der Waals surface area contributed by atoms with Gasteiger partial charge in [0.25, 0.3) is 0 Å². The second-order valence-corrected chi connectivity index (χ2v) is 14.5. The Hall–Kier alpha value is -2.99. The number of Topliss-reactive ketones (excluding diaryl/α,β-unsaturated/α-hetero) is 1. The number of phenolic OH excluding ortho intramolecular Hbond substituents is 2. The number of aliphatic hydroxyl groups is 2. The number of piperidine rings is 2. The number of phenols is 2. The highest BCUT2D eigenvalue weighted by molar-refractivity contribution is 5.90. The molecule has 0 unspecified atom stereocenters. The first-order valence-electron chi connectivity index (χ1n) is 16.4. The lowest BCUT2D eigenvalue weighted by atomic mass is 9.49. The predicted molar refractivity (Wildman–Crippen MR) is 197 cm³/mol. The first-order valence-corrected chi connectivity index (χ1v) is 16.4. The van der Waals surface area contributed by atoms with E-state index in [0.717, 1.165) is 43.6 Å². The van der Waals surface area contributed by atoms with Crippen molar-refractivity contribution in [2.75, 3.05) is 26.7 Å². The van der Waals surface area contributed by atoms with E-state index in [1.165, 1.54) is 11.1 Å². The number of hydrogen-bond acceptors (Lipinski definition) is 9. The second kappa shape index (κ2) is 15.0. The number of carbonyl (C=O) groups is 1. The Kier molecular flexibility index (Phi) is 13.1. The topological polar surface area (TPSA) is 280 Å². The molecule has 14 nitrogen and oxygen atoms in total. The molecule has 4 aliphatic carbocycles. The second-order valence-electron chi connectivity index (χ2n) is 14.5. The van der Waals surface area contributed by atoms with Gasteiger partial charge in [-0.15, -0.1) is 31.4 Å². The number of ketones is 1. The Bertz CT molecular complexity index is 1710. The van der Waals surface area contributed by atoms with Gasteiger partial charge in [0.2, 0.25) is 0 Å². The Morgan fingerprint density at radius 2 is 1.52 bits per heavy atom. The summed E-state index contributed by atoms with van der Waals surface area (Å²) in [6.07, 6.45) is 8.52. The van der Waals surface area contributed by atoms with Gasteiger partial charge >= 0.3 is 0 Å². The molecule has 292 valence electrons. The fraction of sp³-hybridized carbons (Fsp3) is 0.528. The van der Waals surface area contributed by atoms with Crippen molar-refractivity contribution in [1.82, 2.24) is 9.80 Å². The van der Waals surface area contributed by atoms with Crippen molar-refractivity contribution in [3.63, 3.8) is 0 Å². The van der Waals surface area contributed by atoms with Crippen molar-refractivity contribution in [2.45, 2.75) is 85.4 Å². The van der Waals surface area contributed by atoms with Gasteiger partial charge < -0.3 is 62.2 Å². The van der Waals surface area contributed by atoms with Crippen molar-refractivity contribution < 1.29 is 62.1 Å². The molecular formula is C36H52Cl2N2O12. The van der Waals surface area contributed by atoms with Gasteiger partial charge in [-0.2, -0.15) is 0 Å². The zero-order valence-corrected chi connectivity index (χ0v) is 30.4. The van der Waals surface area contributed by atoms with Crippen LogP contribution >= 0.6 is 24.8 Å². The number of benzene rings is 2. The standard InChI is InChI=1S/C19H21NO4.C17H19NO3.2ClH.5H2O/c1-2-8-20-9-7-18-15-11-3-4-12(21)16(15)24-17(18)13(22)5-6-19(18,23)14(20)10-11;1-18-7-6-17-10-3-5-13(20)16(17)21-15-12(19)4-2-9(14(15)17)8-11(10)18;;;;;;;/h2-4,14,17,21,23H,1,5-10H2;2-5,10-11,13,16,19-20H,6-8H2,1H3;2*1H;5*1H2/t14-,17+,18+,19-;10-,11+,13-,16-,17-;;;;;;;/m10......./s1. The molecule has 0 amide bonds. The van der Waals surface area contributed by atoms with Crippen LogP contribution in [0.2, 0.25) is 0 Å². The molecule has 2 aromatic rings. The molecule has 2 spiro atoms. The number of hydrogen-bond donors (Lipinski definition) is 4. The van der Waals surface area contributed by atoms with Crippen LogP contribution in [0, 0.1) is 5.92 Å². The van der Waals surface area contributed by atoms with E-state index in [1.807, 2.05) is 24.3 Å². The lowest BCUT2D eigenvalue weighted by Crippen LogP contribution is -2.76. The normalized spacial score (nSPS) is 35.3. The molecule has 10 rings (SSSR count). The lowest BCUT2D eigenvalue weighted by Gasteiger charge is -2.62. The third-order valence-corrected chi connectivity index (χ3v) is 12.9. The largest absolute Gasteiger partial charge is 0.504 e. The first kappa shape index (κ1) is 45.2. The number of halogens is 2. The number of ether oxygens (including phenoxy) is 2. The van der Waals surface area contributed by atoms with Gasteiger partial charge in [0, 0.05) is 54.1 Å². The molecule has 4 bridgehead atoms. The minimum Gasteiger partial charge on any atom is -0.504 e. The fourth-order valence-electron chi connectivity index (χ4n) is 11.0. The maximum Gasteiger partial charge on any atom is 0.174 e. The summed E-state index contributed by atoms with van der Waals surface area (Å²) in [6, 6.07) is 7.74. The monoisotopic (exact) mass is 774 g/mol. The number of nitrogens with zero attached hydrogens (tertiary/aromatic N) is 2. The van der Waals surface area contributed by atoms with E-state index in [4.69, 9.17) is 9.47 Å². The quantitative estimate of drug-likeness (QED) is 0.278. The first-order chi connectivity index (χ1) is 21.7. The summed E-state index contributed by atoms with van der Waals surface area (Å²) >= 11 is 0. The summed E-state index contributed by atoms with van der Waals surface area (Å²) in [5.74, 6) is 1.72. The van der Waals surface area contributed by atoms with Crippen LogP contribution in [0.3, 0.4) is 0 Å². The zero-order chi connectivity index (χ0) is 31.0. The van der Waals surface area contributed by atoms with Gasteiger partial charge in [0.1, 0.15) is 12.2 Å². The average molecular weight is 776 g/mol. The smallest absolute Gasteiger partial charge is 0.174 e. The van der Waals surface area contributed by atoms with Crippen molar-refractivity contribution in [3.05, 3.63) is 71.3 Å². The van der Waals surface area contributed by atoms with Gasteiger partial charge in [-0.05, 0) is 69.0 Å². The molecule has 3 fully saturated rings. The number of carbonyl (C=O) groups excluding carboxylic acids is 1. The summed E-state index contributed by atoms with van der Waals surface area (Å²) in [5, 5.41) is 42.7. The zero-order valence-electron chi connectivity index (χ0n) is 28.8. The van der Waals surface area contributed by atoms with Crippen LogP contribution in [0.4, 0.5) is 0 Å². The summed E-state index contributed by atoms with van der Waals surface area (Å²) in [4.78, 5) is 17.3. The van der Waals surface area contributed by atoms with E-state index < -0.39 is 23.2 Å². The van der Waals surface area contributed by atoms with E-state index in [1.54, 1.807) is 12.1 Å². The molecule has 9 atom stereocenters. The molecule has 8 aliphatic rings. The van der Waals surface area contributed by atoms with Crippen molar-refractivity contribution in [1.29, 1.82) is 0 Å². The molecular weight excluding hydrogens is 723 g/mol. The van der Waals surface area contributed by atoms with E-state index in [9.17, 15) is 25.2 Å². The Morgan fingerprint density at radius 3 is 2.17 bits per heavy atom. The summed E-state index contributed by atoms with van der Waals surface area (Å²) in [6.45, 7) is 6.37. The Labute approximate surface area is 314 Å². The van der Waals surface area contributed by atoms with Crippen LogP contribution < -0.4 is 9.47 Å². The molecule has 4 heterocycles. The molecule has 16 heteroatoms. The minimum absolute atomic E-state index is 0. The number of aromatic hydroxyl groups is 2. The fourth-order valence-corrected chi connectivity index (χ4v) is 11.0.